The molecule has 0 unspecified atom stereocenters. The molecule has 4 rings (SSSR count). The van der Waals surface area contributed by atoms with Gasteiger partial charge in [-0.25, -0.2) is 13.4 Å². The number of carbonyl (C=O) groups is 1. The first kappa shape index (κ1) is 22.4. The highest BCUT2D eigenvalue weighted by atomic mass is 32.2. The molecule has 170 valence electrons. The Morgan fingerprint density at radius 1 is 1.09 bits per heavy atom. The third-order valence-corrected chi connectivity index (χ3v) is 7.49. The molecule has 1 aliphatic heterocycles. The van der Waals surface area contributed by atoms with Crippen LogP contribution in [0.25, 0.3) is 11.0 Å². The van der Waals surface area contributed by atoms with Gasteiger partial charge in [-0.1, -0.05) is 12.1 Å². The highest BCUT2D eigenvalue weighted by molar-refractivity contribution is 7.89. The normalized spacial score (nSPS) is 14.8. The molecule has 1 aliphatic rings. The Morgan fingerprint density at radius 3 is 2.53 bits per heavy atom. The SMILES string of the molecule is CCOCCCn1c(NC(=O)c2ccc(S(=O)(=O)N3CCCC3)cc2)nc2ccccc21. The van der Waals surface area contributed by atoms with E-state index in [2.05, 4.69) is 10.3 Å². The number of aryl methyl sites for hydroxylation is 1. The number of rotatable bonds is 9. The van der Waals surface area contributed by atoms with Gasteiger partial charge in [0.05, 0.1) is 15.9 Å². The van der Waals surface area contributed by atoms with Gasteiger partial charge in [-0.05, 0) is 62.6 Å². The summed E-state index contributed by atoms with van der Waals surface area (Å²) in [6.07, 6.45) is 2.55. The summed E-state index contributed by atoms with van der Waals surface area (Å²) in [5.41, 5.74) is 2.11. The minimum Gasteiger partial charge on any atom is -0.382 e. The van der Waals surface area contributed by atoms with Crippen molar-refractivity contribution in [3.05, 3.63) is 54.1 Å². The van der Waals surface area contributed by atoms with Gasteiger partial charge in [-0.15, -0.1) is 0 Å². The zero-order chi connectivity index (χ0) is 22.6. The first-order valence-electron chi connectivity index (χ1n) is 11.0. The minimum absolute atomic E-state index is 0.208. The molecule has 2 heterocycles. The maximum absolute atomic E-state index is 12.9. The van der Waals surface area contributed by atoms with E-state index in [-0.39, 0.29) is 10.8 Å². The Labute approximate surface area is 188 Å². The number of anilines is 1. The van der Waals surface area contributed by atoms with E-state index < -0.39 is 10.0 Å². The van der Waals surface area contributed by atoms with Crippen LogP contribution in [0.3, 0.4) is 0 Å². The van der Waals surface area contributed by atoms with E-state index in [1.165, 1.54) is 16.4 Å². The third kappa shape index (κ3) is 4.69. The molecule has 0 aliphatic carbocycles. The van der Waals surface area contributed by atoms with Crippen LogP contribution in [0, 0.1) is 0 Å². The fraction of sp³-hybridized carbons (Fsp3) is 0.391. The lowest BCUT2D eigenvalue weighted by Gasteiger charge is -2.15. The summed E-state index contributed by atoms with van der Waals surface area (Å²) in [7, 11) is -3.51. The summed E-state index contributed by atoms with van der Waals surface area (Å²) < 4.78 is 34.3. The molecule has 0 radical (unpaired) electrons. The van der Waals surface area contributed by atoms with Gasteiger partial charge in [0.25, 0.3) is 5.91 Å². The van der Waals surface area contributed by atoms with E-state index >= 15 is 0 Å². The van der Waals surface area contributed by atoms with E-state index in [0.717, 1.165) is 30.3 Å². The number of nitrogens with zero attached hydrogens (tertiary/aromatic N) is 3. The molecule has 8 nitrogen and oxygen atoms in total. The van der Waals surface area contributed by atoms with Crippen LogP contribution in [0.4, 0.5) is 5.95 Å². The fourth-order valence-corrected chi connectivity index (χ4v) is 5.41. The van der Waals surface area contributed by atoms with Crippen LogP contribution >= 0.6 is 0 Å². The Balaban J connectivity index is 1.52. The summed E-state index contributed by atoms with van der Waals surface area (Å²) in [5.74, 6) is 0.123. The average molecular weight is 457 g/mol. The van der Waals surface area contributed by atoms with Crippen LogP contribution < -0.4 is 5.32 Å². The summed E-state index contributed by atoms with van der Waals surface area (Å²) >= 11 is 0. The molecule has 0 atom stereocenters. The number of hydrogen-bond acceptors (Lipinski definition) is 5. The molecule has 9 heteroatoms. The van der Waals surface area contributed by atoms with Gasteiger partial charge in [0.1, 0.15) is 0 Å². The van der Waals surface area contributed by atoms with Crippen molar-refractivity contribution in [2.24, 2.45) is 0 Å². The molecule has 1 aromatic heterocycles. The van der Waals surface area contributed by atoms with E-state index in [1.54, 1.807) is 12.1 Å². The molecular formula is C23H28N4O4S. The van der Waals surface area contributed by atoms with Crippen LogP contribution in [0.5, 0.6) is 0 Å². The number of para-hydroxylation sites is 2. The lowest BCUT2D eigenvalue weighted by atomic mass is 10.2. The smallest absolute Gasteiger partial charge is 0.257 e. The molecule has 1 fully saturated rings. The predicted octanol–water partition coefficient (Wildman–Crippen LogP) is 3.50. The monoisotopic (exact) mass is 456 g/mol. The van der Waals surface area contributed by atoms with Crippen LogP contribution in [0.1, 0.15) is 36.5 Å². The average Bonchev–Trinajstić information content (AvgIpc) is 3.46. The minimum atomic E-state index is -3.51. The number of ether oxygens (including phenoxy) is 1. The quantitative estimate of drug-likeness (QED) is 0.498. The summed E-state index contributed by atoms with van der Waals surface area (Å²) in [4.78, 5) is 17.7. The van der Waals surface area contributed by atoms with Crippen molar-refractivity contribution in [3.63, 3.8) is 0 Å². The lowest BCUT2D eigenvalue weighted by Crippen LogP contribution is -2.27. The van der Waals surface area contributed by atoms with E-state index in [0.29, 0.717) is 44.4 Å². The van der Waals surface area contributed by atoms with Gasteiger partial charge in [-0.3, -0.25) is 10.1 Å². The number of amides is 1. The molecular weight excluding hydrogens is 428 g/mol. The van der Waals surface area contributed by atoms with Crippen molar-refractivity contribution in [1.82, 2.24) is 13.9 Å². The Hall–Kier alpha value is -2.75. The van der Waals surface area contributed by atoms with Gasteiger partial charge in [0.15, 0.2) is 0 Å². The maximum atomic E-state index is 12.9. The number of imidazole rings is 1. The summed E-state index contributed by atoms with van der Waals surface area (Å²) in [5, 5.41) is 2.88. The Morgan fingerprint density at radius 2 is 1.81 bits per heavy atom. The zero-order valence-electron chi connectivity index (χ0n) is 18.2. The van der Waals surface area contributed by atoms with Crippen LogP contribution in [0.2, 0.25) is 0 Å². The van der Waals surface area contributed by atoms with Crippen molar-refractivity contribution < 1.29 is 17.9 Å². The highest BCUT2D eigenvalue weighted by Gasteiger charge is 2.27. The molecule has 0 saturated carbocycles. The number of benzene rings is 2. The number of carbonyl (C=O) groups excluding carboxylic acids is 1. The topological polar surface area (TPSA) is 93.5 Å². The Kier molecular flexibility index (Phi) is 6.88. The molecule has 0 bridgehead atoms. The molecule has 3 aromatic rings. The van der Waals surface area contributed by atoms with Crippen LogP contribution in [-0.2, 0) is 21.3 Å². The predicted molar refractivity (Wildman–Crippen MR) is 123 cm³/mol. The number of hydrogen-bond donors (Lipinski definition) is 1. The van der Waals surface area contributed by atoms with Gasteiger partial charge in [0.2, 0.25) is 16.0 Å². The largest absolute Gasteiger partial charge is 0.382 e. The van der Waals surface area contributed by atoms with Crippen molar-refractivity contribution in [3.8, 4) is 0 Å². The standard InChI is InChI=1S/C23H28N4O4S/c1-2-31-17-7-16-27-21-9-4-3-8-20(21)24-23(27)25-22(28)18-10-12-19(13-11-18)32(29,30)26-14-5-6-15-26/h3-4,8-13H,2,5-7,14-17H2,1H3,(H,24,25,28). The second kappa shape index (κ2) is 9.81. The van der Waals surface area contributed by atoms with Gasteiger partial charge >= 0.3 is 0 Å². The number of aromatic nitrogens is 2. The first-order chi connectivity index (χ1) is 15.5. The third-order valence-electron chi connectivity index (χ3n) is 5.57. The highest BCUT2D eigenvalue weighted by Crippen LogP contribution is 2.23. The number of nitrogens with one attached hydrogen (secondary N) is 1. The molecule has 1 amide bonds. The van der Waals surface area contributed by atoms with E-state index in [4.69, 9.17) is 4.74 Å². The van der Waals surface area contributed by atoms with Crippen LogP contribution in [-0.4, -0.2) is 54.5 Å². The van der Waals surface area contributed by atoms with Crippen molar-refractivity contribution >= 4 is 32.9 Å². The molecule has 0 spiro atoms. The van der Waals surface area contributed by atoms with Gasteiger partial charge < -0.3 is 9.30 Å². The first-order valence-corrected chi connectivity index (χ1v) is 12.4. The van der Waals surface area contributed by atoms with Crippen LogP contribution in [0.15, 0.2) is 53.4 Å². The van der Waals surface area contributed by atoms with Crippen molar-refractivity contribution in [2.45, 2.75) is 37.6 Å². The van der Waals surface area contributed by atoms with Gasteiger partial charge in [0, 0.05) is 38.4 Å². The lowest BCUT2D eigenvalue weighted by molar-refractivity contribution is 0.102. The van der Waals surface area contributed by atoms with Gasteiger partial charge in [-0.2, -0.15) is 4.31 Å². The maximum Gasteiger partial charge on any atom is 0.257 e. The summed E-state index contributed by atoms with van der Waals surface area (Å²) in [6.45, 7) is 5.00. The summed E-state index contributed by atoms with van der Waals surface area (Å²) in [6, 6.07) is 13.8. The number of sulfonamides is 1. The van der Waals surface area contributed by atoms with Crippen molar-refractivity contribution in [1.29, 1.82) is 0 Å². The zero-order valence-corrected chi connectivity index (χ0v) is 19.0. The molecule has 2 aromatic carbocycles. The number of fused-ring (bicyclic) bond motifs is 1. The molecule has 32 heavy (non-hydrogen) atoms. The van der Waals surface area contributed by atoms with E-state index in [1.807, 2.05) is 35.8 Å². The molecule has 1 saturated heterocycles. The second-order valence-electron chi connectivity index (χ2n) is 7.72. The molecule has 1 N–H and O–H groups in total. The Bertz CT molecular complexity index is 1180. The fourth-order valence-electron chi connectivity index (χ4n) is 3.90. The van der Waals surface area contributed by atoms with E-state index in [9.17, 15) is 13.2 Å². The van der Waals surface area contributed by atoms with Crippen molar-refractivity contribution in [2.75, 3.05) is 31.6 Å². The second-order valence-corrected chi connectivity index (χ2v) is 9.65.